The van der Waals surface area contributed by atoms with Gasteiger partial charge in [0.25, 0.3) is 0 Å². The molecule has 0 aliphatic carbocycles. The van der Waals surface area contributed by atoms with Gasteiger partial charge < -0.3 is 10.6 Å². The van der Waals surface area contributed by atoms with Crippen molar-refractivity contribution in [2.24, 2.45) is 0 Å². The van der Waals surface area contributed by atoms with Gasteiger partial charge in [0, 0.05) is 36.9 Å². The van der Waals surface area contributed by atoms with E-state index in [1.807, 2.05) is 13.1 Å². The SMILES string of the molecule is Cc1[nH]ncc1CNC1CNC1. The molecule has 4 heteroatoms. The minimum atomic E-state index is 0.652. The average molecular weight is 166 g/mol. The van der Waals surface area contributed by atoms with Crippen molar-refractivity contribution in [1.29, 1.82) is 0 Å². The predicted molar refractivity (Wildman–Crippen MR) is 46.8 cm³/mol. The van der Waals surface area contributed by atoms with Crippen LogP contribution in [-0.2, 0) is 6.54 Å². The lowest BCUT2D eigenvalue weighted by molar-refractivity contribution is 0.365. The number of hydrogen-bond acceptors (Lipinski definition) is 3. The molecule has 4 nitrogen and oxygen atoms in total. The van der Waals surface area contributed by atoms with Crippen molar-refractivity contribution in [2.45, 2.75) is 19.5 Å². The number of H-pyrrole nitrogens is 1. The van der Waals surface area contributed by atoms with Crippen LogP contribution < -0.4 is 10.6 Å². The van der Waals surface area contributed by atoms with Crippen LogP contribution in [0.15, 0.2) is 6.20 Å². The van der Waals surface area contributed by atoms with Crippen molar-refractivity contribution in [1.82, 2.24) is 20.8 Å². The van der Waals surface area contributed by atoms with E-state index in [0.29, 0.717) is 6.04 Å². The van der Waals surface area contributed by atoms with Crippen LogP contribution in [0.2, 0.25) is 0 Å². The predicted octanol–water partition coefficient (Wildman–Crippen LogP) is -0.220. The first-order chi connectivity index (χ1) is 5.86. The summed E-state index contributed by atoms with van der Waals surface area (Å²) in [6.07, 6.45) is 1.88. The van der Waals surface area contributed by atoms with Gasteiger partial charge in [-0.15, -0.1) is 0 Å². The van der Waals surface area contributed by atoms with Crippen LogP contribution in [0.5, 0.6) is 0 Å². The van der Waals surface area contributed by atoms with Crippen molar-refractivity contribution in [2.75, 3.05) is 13.1 Å². The molecule has 1 saturated heterocycles. The molecule has 1 aromatic heterocycles. The van der Waals surface area contributed by atoms with Crippen molar-refractivity contribution < 1.29 is 0 Å². The van der Waals surface area contributed by atoms with Crippen LogP contribution in [0, 0.1) is 6.92 Å². The highest BCUT2D eigenvalue weighted by Gasteiger charge is 2.15. The Morgan fingerprint density at radius 2 is 2.50 bits per heavy atom. The van der Waals surface area contributed by atoms with Gasteiger partial charge in [0.05, 0.1) is 6.20 Å². The fraction of sp³-hybridized carbons (Fsp3) is 0.625. The summed E-state index contributed by atoms with van der Waals surface area (Å²) < 4.78 is 0. The maximum absolute atomic E-state index is 3.96. The summed E-state index contributed by atoms with van der Waals surface area (Å²) in [4.78, 5) is 0. The Morgan fingerprint density at radius 3 is 3.00 bits per heavy atom. The Morgan fingerprint density at radius 1 is 1.67 bits per heavy atom. The van der Waals surface area contributed by atoms with Gasteiger partial charge in [0.15, 0.2) is 0 Å². The maximum Gasteiger partial charge on any atom is 0.0535 e. The number of aryl methyl sites for hydroxylation is 1. The van der Waals surface area contributed by atoms with Gasteiger partial charge in [-0.05, 0) is 6.92 Å². The second-order valence-electron chi connectivity index (χ2n) is 3.26. The second-order valence-corrected chi connectivity index (χ2v) is 3.26. The third kappa shape index (κ3) is 1.49. The molecule has 0 amide bonds. The lowest BCUT2D eigenvalue weighted by Gasteiger charge is -2.28. The maximum atomic E-state index is 3.96. The van der Waals surface area contributed by atoms with Gasteiger partial charge in [0.1, 0.15) is 0 Å². The Bertz CT molecular complexity index is 251. The molecule has 0 aromatic carbocycles. The second kappa shape index (κ2) is 3.25. The van der Waals surface area contributed by atoms with Crippen LogP contribution in [0.3, 0.4) is 0 Å². The molecule has 2 heterocycles. The van der Waals surface area contributed by atoms with Gasteiger partial charge in [-0.1, -0.05) is 0 Å². The number of hydrogen-bond donors (Lipinski definition) is 3. The molecule has 0 saturated carbocycles. The van der Waals surface area contributed by atoms with Crippen LogP contribution in [-0.4, -0.2) is 29.3 Å². The van der Waals surface area contributed by atoms with E-state index < -0.39 is 0 Å². The summed E-state index contributed by atoms with van der Waals surface area (Å²) in [5.41, 5.74) is 2.43. The first kappa shape index (κ1) is 7.76. The highest BCUT2D eigenvalue weighted by Crippen LogP contribution is 2.02. The van der Waals surface area contributed by atoms with Gasteiger partial charge in [-0.2, -0.15) is 5.10 Å². The zero-order valence-corrected chi connectivity index (χ0v) is 7.22. The van der Waals surface area contributed by atoms with Gasteiger partial charge in [0.2, 0.25) is 0 Å². The van der Waals surface area contributed by atoms with Crippen LogP contribution in [0.4, 0.5) is 0 Å². The van der Waals surface area contributed by atoms with Gasteiger partial charge in [-0.3, -0.25) is 5.10 Å². The number of nitrogens with one attached hydrogen (secondary N) is 3. The third-order valence-electron chi connectivity index (χ3n) is 2.30. The average Bonchev–Trinajstić information content (AvgIpc) is 2.33. The highest BCUT2D eigenvalue weighted by molar-refractivity contribution is 5.14. The molecule has 12 heavy (non-hydrogen) atoms. The van der Waals surface area contributed by atoms with Gasteiger partial charge in [-0.25, -0.2) is 0 Å². The number of aromatic nitrogens is 2. The number of aromatic amines is 1. The molecule has 0 atom stereocenters. The minimum absolute atomic E-state index is 0.652. The molecule has 0 bridgehead atoms. The first-order valence-corrected chi connectivity index (χ1v) is 4.29. The summed E-state index contributed by atoms with van der Waals surface area (Å²) in [5, 5.41) is 13.5. The quantitative estimate of drug-likeness (QED) is 0.582. The topological polar surface area (TPSA) is 52.7 Å². The van der Waals surface area contributed by atoms with E-state index >= 15 is 0 Å². The lowest BCUT2D eigenvalue weighted by Crippen LogP contribution is -2.55. The van der Waals surface area contributed by atoms with E-state index in [1.54, 1.807) is 0 Å². The van der Waals surface area contributed by atoms with Crippen LogP contribution in [0.25, 0.3) is 0 Å². The van der Waals surface area contributed by atoms with Crippen molar-refractivity contribution >= 4 is 0 Å². The molecule has 1 aliphatic heterocycles. The van der Waals surface area contributed by atoms with Crippen LogP contribution >= 0.6 is 0 Å². The summed E-state index contributed by atoms with van der Waals surface area (Å²) in [7, 11) is 0. The molecular formula is C8H14N4. The molecule has 3 N–H and O–H groups in total. The van der Waals surface area contributed by atoms with Gasteiger partial charge >= 0.3 is 0 Å². The molecule has 66 valence electrons. The standard InChI is InChI=1S/C8H14N4/c1-6-7(3-11-12-6)2-10-8-4-9-5-8/h3,8-10H,2,4-5H2,1H3,(H,11,12). The smallest absolute Gasteiger partial charge is 0.0535 e. The fourth-order valence-corrected chi connectivity index (χ4v) is 1.24. The van der Waals surface area contributed by atoms with E-state index in [1.165, 1.54) is 5.56 Å². The molecule has 2 rings (SSSR count). The minimum Gasteiger partial charge on any atom is -0.314 e. The lowest BCUT2D eigenvalue weighted by atomic mass is 10.1. The Hall–Kier alpha value is -0.870. The number of rotatable bonds is 3. The first-order valence-electron chi connectivity index (χ1n) is 4.29. The van der Waals surface area contributed by atoms with E-state index in [4.69, 9.17) is 0 Å². The van der Waals surface area contributed by atoms with Crippen molar-refractivity contribution in [3.8, 4) is 0 Å². The molecule has 1 aromatic rings. The largest absolute Gasteiger partial charge is 0.314 e. The highest BCUT2D eigenvalue weighted by atomic mass is 15.1. The molecule has 1 fully saturated rings. The van der Waals surface area contributed by atoms with E-state index in [2.05, 4.69) is 20.8 Å². The Labute approximate surface area is 71.7 Å². The summed E-state index contributed by atoms with van der Waals surface area (Å²) >= 11 is 0. The van der Waals surface area contributed by atoms with E-state index in [0.717, 1.165) is 25.3 Å². The molecular weight excluding hydrogens is 152 g/mol. The zero-order chi connectivity index (χ0) is 8.39. The number of nitrogens with zero attached hydrogens (tertiary/aromatic N) is 1. The monoisotopic (exact) mass is 166 g/mol. The summed E-state index contributed by atoms with van der Waals surface area (Å²) in [5.74, 6) is 0. The van der Waals surface area contributed by atoms with Crippen molar-refractivity contribution in [3.63, 3.8) is 0 Å². The Kier molecular flexibility index (Phi) is 2.10. The van der Waals surface area contributed by atoms with E-state index in [9.17, 15) is 0 Å². The zero-order valence-electron chi connectivity index (χ0n) is 7.22. The van der Waals surface area contributed by atoms with Crippen LogP contribution in [0.1, 0.15) is 11.3 Å². The fourth-order valence-electron chi connectivity index (χ4n) is 1.24. The van der Waals surface area contributed by atoms with E-state index in [-0.39, 0.29) is 0 Å². The molecule has 0 spiro atoms. The summed E-state index contributed by atoms with van der Waals surface area (Å²) in [6.45, 7) is 5.16. The van der Waals surface area contributed by atoms with Crippen molar-refractivity contribution in [3.05, 3.63) is 17.5 Å². The Balaban J connectivity index is 1.82. The summed E-state index contributed by atoms with van der Waals surface area (Å²) in [6, 6.07) is 0.652. The molecule has 0 radical (unpaired) electrons. The third-order valence-corrected chi connectivity index (χ3v) is 2.30. The molecule has 1 aliphatic rings. The normalized spacial score (nSPS) is 17.8. The molecule has 0 unspecified atom stereocenters.